The van der Waals surface area contributed by atoms with Crippen molar-refractivity contribution in [2.24, 2.45) is 0 Å². The molecule has 2 rings (SSSR count). The largest absolute Gasteiger partial charge is 0.586 e. The molecule has 1 heterocycles. The number of carbonyl (C=O) groups excluding carboxylic acids is 1. The smallest absolute Gasteiger partial charge is 0.395 e. The molecule has 1 N–H and O–H groups in total. The van der Waals surface area contributed by atoms with Gasteiger partial charge in [0.1, 0.15) is 0 Å². The molecule has 0 bridgehead atoms. The van der Waals surface area contributed by atoms with E-state index in [0.717, 1.165) is 0 Å². The number of amides is 1. The number of nitrogens with one attached hydrogen (secondary N) is 1. The minimum atomic E-state index is -3.64. The molecule has 0 fully saturated rings. The SMILES string of the molecule is O=C(CCS)Nc1ccc2c(c1)OC(F)(F)O2. The summed E-state index contributed by atoms with van der Waals surface area (Å²) in [4.78, 5) is 11.3. The number of thiol groups is 1. The number of anilines is 1. The Balaban J connectivity index is 2.11. The molecule has 1 aromatic rings. The zero-order valence-electron chi connectivity index (χ0n) is 8.57. The van der Waals surface area contributed by atoms with Gasteiger partial charge in [0.05, 0.1) is 0 Å². The van der Waals surface area contributed by atoms with E-state index in [2.05, 4.69) is 27.4 Å². The average Bonchev–Trinajstić information content (AvgIpc) is 2.51. The van der Waals surface area contributed by atoms with Crippen LogP contribution in [0, 0.1) is 0 Å². The van der Waals surface area contributed by atoms with Crippen molar-refractivity contribution in [3.8, 4) is 11.5 Å². The van der Waals surface area contributed by atoms with Crippen molar-refractivity contribution in [3.63, 3.8) is 0 Å². The molecule has 92 valence electrons. The van der Waals surface area contributed by atoms with Gasteiger partial charge in [-0.25, -0.2) is 0 Å². The first-order valence-corrected chi connectivity index (χ1v) is 5.44. The topological polar surface area (TPSA) is 47.6 Å². The van der Waals surface area contributed by atoms with E-state index < -0.39 is 6.29 Å². The van der Waals surface area contributed by atoms with E-state index >= 15 is 0 Å². The van der Waals surface area contributed by atoms with Crippen LogP contribution in [0.25, 0.3) is 0 Å². The van der Waals surface area contributed by atoms with Crippen molar-refractivity contribution in [2.45, 2.75) is 12.7 Å². The molecule has 0 aromatic heterocycles. The number of carbonyl (C=O) groups is 1. The van der Waals surface area contributed by atoms with E-state index in [1.807, 2.05) is 0 Å². The lowest BCUT2D eigenvalue weighted by Crippen LogP contribution is -2.25. The second kappa shape index (κ2) is 4.40. The van der Waals surface area contributed by atoms with E-state index in [-0.39, 0.29) is 23.8 Å². The highest BCUT2D eigenvalue weighted by Crippen LogP contribution is 2.42. The minimum Gasteiger partial charge on any atom is -0.395 e. The summed E-state index contributed by atoms with van der Waals surface area (Å²) in [6.45, 7) is 0. The van der Waals surface area contributed by atoms with Crippen LogP contribution in [0.4, 0.5) is 14.5 Å². The number of rotatable bonds is 3. The molecular formula is C10H9F2NO3S. The molecule has 1 aliphatic rings. The fourth-order valence-corrected chi connectivity index (χ4v) is 1.55. The number of ether oxygens (including phenoxy) is 2. The number of hydrogen-bond donors (Lipinski definition) is 2. The lowest BCUT2D eigenvalue weighted by molar-refractivity contribution is -0.286. The summed E-state index contributed by atoms with van der Waals surface area (Å²) in [5.41, 5.74) is 0.372. The minimum absolute atomic E-state index is 0.0535. The van der Waals surface area contributed by atoms with E-state index in [1.165, 1.54) is 18.2 Å². The van der Waals surface area contributed by atoms with Gasteiger partial charge in [0.15, 0.2) is 11.5 Å². The van der Waals surface area contributed by atoms with Gasteiger partial charge in [0, 0.05) is 18.2 Å². The van der Waals surface area contributed by atoms with Crippen LogP contribution in [0.15, 0.2) is 18.2 Å². The van der Waals surface area contributed by atoms with Gasteiger partial charge in [0.25, 0.3) is 0 Å². The van der Waals surface area contributed by atoms with E-state index in [9.17, 15) is 13.6 Å². The van der Waals surface area contributed by atoms with Gasteiger partial charge in [0.2, 0.25) is 5.91 Å². The second-order valence-corrected chi connectivity index (χ2v) is 3.80. The second-order valence-electron chi connectivity index (χ2n) is 3.35. The van der Waals surface area contributed by atoms with E-state index in [0.29, 0.717) is 11.4 Å². The molecule has 0 radical (unpaired) electrons. The molecule has 0 spiro atoms. The average molecular weight is 261 g/mol. The summed E-state index contributed by atoms with van der Waals surface area (Å²) in [6, 6.07) is 4.05. The molecule has 7 heteroatoms. The molecule has 1 aromatic carbocycles. The van der Waals surface area contributed by atoms with Crippen LogP contribution in [-0.4, -0.2) is 18.0 Å². The summed E-state index contributed by atoms with van der Waals surface area (Å²) in [5, 5.41) is 2.53. The van der Waals surface area contributed by atoms with Gasteiger partial charge >= 0.3 is 6.29 Å². The highest BCUT2D eigenvalue weighted by atomic mass is 32.1. The van der Waals surface area contributed by atoms with E-state index in [4.69, 9.17) is 0 Å². The molecule has 1 aliphatic heterocycles. The summed E-state index contributed by atoms with van der Waals surface area (Å²) < 4.78 is 33.9. The van der Waals surface area contributed by atoms with Crippen molar-refractivity contribution in [2.75, 3.05) is 11.1 Å². The monoisotopic (exact) mass is 261 g/mol. The Hall–Kier alpha value is -1.50. The van der Waals surface area contributed by atoms with Crippen LogP contribution in [-0.2, 0) is 4.79 Å². The van der Waals surface area contributed by atoms with Crippen molar-refractivity contribution in [1.29, 1.82) is 0 Å². The van der Waals surface area contributed by atoms with Gasteiger partial charge in [-0.2, -0.15) is 12.6 Å². The lowest BCUT2D eigenvalue weighted by Gasteiger charge is -2.05. The molecule has 0 saturated heterocycles. The van der Waals surface area contributed by atoms with Crippen LogP contribution in [0.3, 0.4) is 0 Å². The molecule has 0 atom stereocenters. The van der Waals surface area contributed by atoms with Crippen molar-refractivity contribution in [1.82, 2.24) is 0 Å². The van der Waals surface area contributed by atoms with Crippen LogP contribution >= 0.6 is 12.6 Å². The third kappa shape index (κ3) is 2.79. The standard InChI is InChI=1S/C10H9F2NO3S/c11-10(12)15-7-2-1-6(5-8(7)16-10)13-9(14)3-4-17/h1-2,5,17H,3-4H2,(H,13,14). The molecule has 4 nitrogen and oxygen atoms in total. The van der Waals surface area contributed by atoms with Crippen LogP contribution in [0.2, 0.25) is 0 Å². The first-order valence-electron chi connectivity index (χ1n) is 4.81. The highest BCUT2D eigenvalue weighted by molar-refractivity contribution is 7.80. The van der Waals surface area contributed by atoms with Crippen molar-refractivity contribution in [3.05, 3.63) is 18.2 Å². The summed E-state index contributed by atoms with van der Waals surface area (Å²) in [6.07, 6.45) is -3.40. The Morgan fingerprint density at radius 3 is 2.76 bits per heavy atom. The fraction of sp³-hybridized carbons (Fsp3) is 0.300. The third-order valence-corrected chi connectivity index (χ3v) is 2.25. The van der Waals surface area contributed by atoms with Crippen molar-refractivity contribution >= 4 is 24.2 Å². The van der Waals surface area contributed by atoms with Gasteiger partial charge in [-0.3, -0.25) is 4.79 Å². The third-order valence-electron chi connectivity index (χ3n) is 2.02. The lowest BCUT2D eigenvalue weighted by atomic mass is 10.2. The molecule has 0 unspecified atom stereocenters. The van der Waals surface area contributed by atoms with Crippen molar-refractivity contribution < 1.29 is 23.0 Å². The Morgan fingerprint density at radius 2 is 2.06 bits per heavy atom. The number of hydrogen-bond acceptors (Lipinski definition) is 4. The van der Waals surface area contributed by atoms with Crippen LogP contribution in [0.1, 0.15) is 6.42 Å². The molecule has 0 aliphatic carbocycles. The fourth-order valence-electron chi connectivity index (χ4n) is 1.35. The summed E-state index contributed by atoms with van der Waals surface area (Å²) >= 11 is 3.91. The molecule has 17 heavy (non-hydrogen) atoms. The Bertz CT molecular complexity index is 453. The highest BCUT2D eigenvalue weighted by Gasteiger charge is 2.43. The van der Waals surface area contributed by atoms with Crippen LogP contribution in [0.5, 0.6) is 11.5 Å². The maximum absolute atomic E-state index is 12.7. The normalized spacial score (nSPS) is 15.7. The van der Waals surface area contributed by atoms with Gasteiger partial charge < -0.3 is 14.8 Å². The molecular weight excluding hydrogens is 252 g/mol. The summed E-state index contributed by atoms with van der Waals surface area (Å²) in [7, 11) is 0. The predicted molar refractivity (Wildman–Crippen MR) is 59.7 cm³/mol. The number of halogens is 2. The molecule has 1 amide bonds. The first-order chi connectivity index (χ1) is 8.00. The predicted octanol–water partition coefficient (Wildman–Crippen LogP) is 2.27. The Labute approximate surface area is 101 Å². The van der Waals surface area contributed by atoms with Gasteiger partial charge in [-0.15, -0.1) is 8.78 Å². The summed E-state index contributed by atoms with van der Waals surface area (Å²) in [5.74, 6) is 0.0144. The zero-order chi connectivity index (χ0) is 12.5. The molecule has 0 saturated carbocycles. The van der Waals surface area contributed by atoms with Gasteiger partial charge in [-0.05, 0) is 17.9 Å². The van der Waals surface area contributed by atoms with E-state index in [1.54, 1.807) is 0 Å². The number of fused-ring (bicyclic) bond motifs is 1. The zero-order valence-corrected chi connectivity index (χ0v) is 9.47. The van der Waals surface area contributed by atoms with Gasteiger partial charge in [-0.1, -0.05) is 0 Å². The maximum Gasteiger partial charge on any atom is 0.586 e. The number of benzene rings is 1. The maximum atomic E-state index is 12.7. The number of alkyl halides is 2. The Kier molecular flexibility index (Phi) is 3.10. The van der Waals surface area contributed by atoms with Crippen LogP contribution < -0.4 is 14.8 Å². The Morgan fingerprint density at radius 1 is 1.35 bits per heavy atom. The quantitative estimate of drug-likeness (QED) is 0.820. The first kappa shape index (κ1) is 12.0.